The Hall–Kier alpha value is -2.18. The van der Waals surface area contributed by atoms with Crippen molar-refractivity contribution in [2.75, 3.05) is 0 Å². The predicted octanol–water partition coefficient (Wildman–Crippen LogP) is 0.881. The zero-order valence-corrected chi connectivity index (χ0v) is 10.9. The van der Waals surface area contributed by atoms with E-state index >= 15 is 0 Å². The molecule has 1 aromatic carbocycles. The molecule has 8 nitrogen and oxygen atoms in total. The number of nitro benzene ring substituents is 1. The molecule has 0 heterocycles. The van der Waals surface area contributed by atoms with Crippen molar-refractivity contribution < 1.29 is 18.4 Å². The highest BCUT2D eigenvalue weighted by atomic mass is 32.2. The fourth-order valence-corrected chi connectivity index (χ4v) is 2.58. The summed E-state index contributed by atoms with van der Waals surface area (Å²) in [6, 6.07) is 4.39. The van der Waals surface area contributed by atoms with E-state index in [9.17, 15) is 23.6 Å². The molecule has 0 atom stereocenters. The van der Waals surface area contributed by atoms with Gasteiger partial charge in [-0.1, -0.05) is 0 Å². The maximum absolute atomic E-state index is 11.9. The topological polar surface area (TPSA) is 133 Å². The summed E-state index contributed by atoms with van der Waals surface area (Å²) in [5.74, 6) is -0.636. The molecule has 0 bridgehead atoms. The SMILES string of the molecule is CC(C)(C#N)NS(=O)(=O)c1ccc(O)c([N+](=O)[O-])c1. The lowest BCUT2D eigenvalue weighted by atomic mass is 10.1. The number of nitrogens with one attached hydrogen (secondary N) is 1. The van der Waals surface area contributed by atoms with Gasteiger partial charge in [0.2, 0.25) is 10.0 Å². The second kappa shape index (κ2) is 4.83. The summed E-state index contributed by atoms with van der Waals surface area (Å²) in [5, 5.41) is 28.6. The van der Waals surface area contributed by atoms with Gasteiger partial charge in [-0.25, -0.2) is 8.42 Å². The highest BCUT2D eigenvalue weighted by Gasteiger charge is 2.28. The third-order valence-electron chi connectivity index (χ3n) is 2.12. The van der Waals surface area contributed by atoms with Crippen LogP contribution in [0.3, 0.4) is 0 Å². The van der Waals surface area contributed by atoms with Gasteiger partial charge in [0.25, 0.3) is 0 Å². The Balaban J connectivity index is 3.28. The van der Waals surface area contributed by atoms with Gasteiger partial charge in [0.15, 0.2) is 5.75 Å². The molecule has 1 rings (SSSR count). The van der Waals surface area contributed by atoms with E-state index in [1.807, 2.05) is 0 Å². The highest BCUT2D eigenvalue weighted by Crippen LogP contribution is 2.28. The summed E-state index contributed by atoms with van der Waals surface area (Å²) in [4.78, 5) is 9.32. The zero-order valence-electron chi connectivity index (χ0n) is 10.1. The largest absolute Gasteiger partial charge is 0.502 e. The number of nitro groups is 1. The van der Waals surface area contributed by atoms with Crippen LogP contribution in [0.4, 0.5) is 5.69 Å². The Bertz CT molecular complexity index is 660. The Morgan fingerprint density at radius 1 is 1.47 bits per heavy atom. The van der Waals surface area contributed by atoms with Crippen molar-refractivity contribution in [2.45, 2.75) is 24.3 Å². The third kappa shape index (κ3) is 3.40. The quantitative estimate of drug-likeness (QED) is 0.623. The molecule has 19 heavy (non-hydrogen) atoms. The number of rotatable bonds is 4. The fourth-order valence-electron chi connectivity index (χ4n) is 1.23. The van der Waals surface area contributed by atoms with Crippen molar-refractivity contribution >= 4 is 15.7 Å². The van der Waals surface area contributed by atoms with E-state index in [4.69, 9.17) is 5.26 Å². The molecule has 0 aliphatic heterocycles. The van der Waals surface area contributed by atoms with E-state index in [-0.39, 0.29) is 0 Å². The van der Waals surface area contributed by atoms with Crippen LogP contribution in [-0.4, -0.2) is 24.0 Å². The average Bonchev–Trinajstić information content (AvgIpc) is 2.27. The molecule has 9 heteroatoms. The standard InChI is InChI=1S/C10H11N3O5S/c1-10(2,6-11)12-19(17,18)7-3-4-9(14)8(5-7)13(15)16/h3-5,12,14H,1-2H3. The molecule has 0 radical (unpaired) electrons. The Morgan fingerprint density at radius 2 is 2.05 bits per heavy atom. The van der Waals surface area contributed by atoms with Crippen molar-refractivity contribution in [1.29, 1.82) is 5.26 Å². The third-order valence-corrected chi connectivity index (χ3v) is 3.78. The van der Waals surface area contributed by atoms with Crippen LogP contribution in [0.2, 0.25) is 0 Å². The van der Waals surface area contributed by atoms with E-state index < -0.39 is 36.8 Å². The van der Waals surface area contributed by atoms with Crippen LogP contribution in [0.15, 0.2) is 23.1 Å². The van der Waals surface area contributed by atoms with Gasteiger partial charge >= 0.3 is 5.69 Å². The predicted molar refractivity (Wildman–Crippen MR) is 64.8 cm³/mol. The first-order valence-electron chi connectivity index (χ1n) is 5.02. The summed E-state index contributed by atoms with van der Waals surface area (Å²) in [6.07, 6.45) is 0. The number of sulfonamides is 1. The zero-order chi connectivity index (χ0) is 14.8. The minimum absolute atomic E-state index is 0.402. The van der Waals surface area contributed by atoms with Gasteiger partial charge in [0.1, 0.15) is 5.54 Å². The van der Waals surface area contributed by atoms with E-state index in [0.29, 0.717) is 0 Å². The average molecular weight is 285 g/mol. The molecule has 0 aromatic heterocycles. The van der Waals surface area contributed by atoms with E-state index in [0.717, 1.165) is 18.2 Å². The lowest BCUT2D eigenvalue weighted by Gasteiger charge is -2.17. The van der Waals surface area contributed by atoms with Gasteiger partial charge in [-0.05, 0) is 26.0 Å². The minimum Gasteiger partial charge on any atom is -0.502 e. The summed E-state index contributed by atoms with van der Waals surface area (Å²) in [5.41, 5.74) is -2.08. The van der Waals surface area contributed by atoms with E-state index in [1.54, 1.807) is 6.07 Å². The number of phenolic OH excluding ortho intramolecular Hbond substituents is 1. The number of hydrogen-bond donors (Lipinski definition) is 2. The Kier molecular flexibility index (Phi) is 3.78. The molecule has 0 saturated carbocycles. The maximum atomic E-state index is 11.9. The number of benzene rings is 1. The highest BCUT2D eigenvalue weighted by molar-refractivity contribution is 7.89. The lowest BCUT2D eigenvalue weighted by molar-refractivity contribution is -0.386. The van der Waals surface area contributed by atoms with Crippen LogP contribution in [0.1, 0.15) is 13.8 Å². The number of hydrogen-bond acceptors (Lipinski definition) is 6. The second-order valence-electron chi connectivity index (χ2n) is 4.25. The first-order valence-corrected chi connectivity index (χ1v) is 6.50. The monoisotopic (exact) mass is 285 g/mol. The van der Waals surface area contributed by atoms with E-state index in [1.165, 1.54) is 13.8 Å². The molecule has 2 N–H and O–H groups in total. The second-order valence-corrected chi connectivity index (χ2v) is 5.93. The number of nitrogens with zero attached hydrogens (tertiary/aromatic N) is 2. The van der Waals surface area contributed by atoms with Crippen molar-refractivity contribution in [3.05, 3.63) is 28.3 Å². The number of aromatic hydroxyl groups is 1. The maximum Gasteiger partial charge on any atom is 0.312 e. The normalized spacial score (nSPS) is 11.8. The number of phenols is 1. The minimum atomic E-state index is -4.09. The van der Waals surface area contributed by atoms with Crippen LogP contribution >= 0.6 is 0 Å². The Morgan fingerprint density at radius 3 is 2.53 bits per heavy atom. The molecule has 0 aliphatic carbocycles. The van der Waals surface area contributed by atoms with Gasteiger partial charge in [-0.2, -0.15) is 9.98 Å². The van der Waals surface area contributed by atoms with Crippen LogP contribution < -0.4 is 4.72 Å². The first kappa shape index (κ1) is 14.9. The van der Waals surface area contributed by atoms with Crippen molar-refractivity contribution in [1.82, 2.24) is 4.72 Å². The molecule has 0 fully saturated rings. The van der Waals surface area contributed by atoms with Crippen molar-refractivity contribution in [3.63, 3.8) is 0 Å². The molecule has 0 saturated heterocycles. The smallest absolute Gasteiger partial charge is 0.312 e. The van der Waals surface area contributed by atoms with Crippen LogP contribution in [0.5, 0.6) is 5.75 Å². The van der Waals surface area contributed by atoms with Crippen LogP contribution in [-0.2, 0) is 10.0 Å². The van der Waals surface area contributed by atoms with Gasteiger partial charge < -0.3 is 5.11 Å². The summed E-state index contributed by atoms with van der Waals surface area (Å²) in [6.45, 7) is 2.69. The molecule has 0 aliphatic rings. The van der Waals surface area contributed by atoms with E-state index in [2.05, 4.69) is 4.72 Å². The molecular weight excluding hydrogens is 274 g/mol. The molecule has 0 spiro atoms. The Labute approximate surface area is 109 Å². The van der Waals surface area contributed by atoms with Gasteiger partial charge in [-0.3, -0.25) is 10.1 Å². The summed E-state index contributed by atoms with van der Waals surface area (Å²) in [7, 11) is -4.09. The van der Waals surface area contributed by atoms with Gasteiger partial charge in [-0.15, -0.1) is 0 Å². The summed E-state index contributed by atoms with van der Waals surface area (Å²) < 4.78 is 25.9. The molecule has 0 amide bonds. The van der Waals surface area contributed by atoms with Crippen LogP contribution in [0.25, 0.3) is 0 Å². The fraction of sp³-hybridized carbons (Fsp3) is 0.300. The van der Waals surface area contributed by atoms with Crippen molar-refractivity contribution in [2.24, 2.45) is 0 Å². The molecule has 102 valence electrons. The van der Waals surface area contributed by atoms with Gasteiger partial charge in [0.05, 0.1) is 15.9 Å². The molecular formula is C10H11N3O5S. The first-order chi connectivity index (χ1) is 8.59. The summed E-state index contributed by atoms with van der Waals surface area (Å²) >= 11 is 0. The molecule has 0 unspecified atom stereocenters. The molecule has 1 aromatic rings. The van der Waals surface area contributed by atoms with Gasteiger partial charge in [0, 0.05) is 6.07 Å². The number of nitriles is 1. The van der Waals surface area contributed by atoms with Crippen molar-refractivity contribution in [3.8, 4) is 11.8 Å². The van der Waals surface area contributed by atoms with Crippen LogP contribution in [0, 0.1) is 21.4 Å². The lowest BCUT2D eigenvalue weighted by Crippen LogP contribution is -2.41.